The van der Waals surface area contributed by atoms with Gasteiger partial charge in [0.1, 0.15) is 17.1 Å². The van der Waals surface area contributed by atoms with Crippen molar-refractivity contribution in [1.82, 2.24) is 10.6 Å². The number of guanidine groups is 1. The fourth-order valence-corrected chi connectivity index (χ4v) is 3.55. The predicted molar refractivity (Wildman–Crippen MR) is 104 cm³/mol. The number of halogens is 1. The highest BCUT2D eigenvalue weighted by molar-refractivity contribution is 14.0. The van der Waals surface area contributed by atoms with Gasteiger partial charge in [-0.15, -0.1) is 24.0 Å². The third-order valence-electron chi connectivity index (χ3n) is 3.55. The molecule has 0 amide bonds. The van der Waals surface area contributed by atoms with Crippen molar-refractivity contribution in [2.24, 2.45) is 4.99 Å². The van der Waals surface area contributed by atoms with Crippen LogP contribution in [0.5, 0.6) is 0 Å². The SMILES string of the molecule is CN=C(NCc1cc(C(=O)OC)c(C)o1)NCC1CCCS1.I. The molecular formula is C15H24IN3O3S. The highest BCUT2D eigenvalue weighted by Crippen LogP contribution is 2.25. The van der Waals surface area contributed by atoms with Crippen LogP contribution in [-0.2, 0) is 11.3 Å². The maximum Gasteiger partial charge on any atom is 0.341 e. The number of hydrogen-bond donors (Lipinski definition) is 2. The number of esters is 1. The van der Waals surface area contributed by atoms with Crippen LogP contribution in [0.4, 0.5) is 0 Å². The Labute approximate surface area is 158 Å². The molecule has 1 aromatic heterocycles. The number of rotatable bonds is 5. The molecule has 0 spiro atoms. The molecule has 23 heavy (non-hydrogen) atoms. The zero-order chi connectivity index (χ0) is 15.9. The van der Waals surface area contributed by atoms with Crippen LogP contribution < -0.4 is 10.6 Å². The molecule has 0 bridgehead atoms. The van der Waals surface area contributed by atoms with Gasteiger partial charge in [-0.1, -0.05) is 0 Å². The second-order valence-electron chi connectivity index (χ2n) is 5.12. The molecule has 1 aliphatic heterocycles. The molecule has 1 aromatic rings. The Morgan fingerprint density at radius 3 is 2.91 bits per heavy atom. The van der Waals surface area contributed by atoms with E-state index in [4.69, 9.17) is 9.15 Å². The lowest BCUT2D eigenvalue weighted by Crippen LogP contribution is -2.39. The van der Waals surface area contributed by atoms with Gasteiger partial charge in [0.2, 0.25) is 0 Å². The number of hydrogen-bond acceptors (Lipinski definition) is 5. The lowest BCUT2D eigenvalue weighted by molar-refractivity contribution is 0.0599. The van der Waals surface area contributed by atoms with Gasteiger partial charge in [0, 0.05) is 18.8 Å². The molecule has 2 heterocycles. The van der Waals surface area contributed by atoms with Gasteiger partial charge in [0.25, 0.3) is 0 Å². The molecule has 1 atom stereocenters. The topological polar surface area (TPSA) is 75.9 Å². The van der Waals surface area contributed by atoms with Crippen LogP contribution in [0.25, 0.3) is 0 Å². The van der Waals surface area contributed by atoms with E-state index in [-0.39, 0.29) is 29.9 Å². The van der Waals surface area contributed by atoms with E-state index in [1.807, 2.05) is 11.8 Å². The summed E-state index contributed by atoms with van der Waals surface area (Å²) < 4.78 is 10.3. The minimum absolute atomic E-state index is 0. The van der Waals surface area contributed by atoms with E-state index in [0.29, 0.717) is 28.9 Å². The number of carbonyl (C=O) groups excluding carboxylic acids is 1. The first kappa shape index (κ1) is 20.1. The lowest BCUT2D eigenvalue weighted by atomic mass is 10.2. The van der Waals surface area contributed by atoms with Crippen LogP contribution in [0.3, 0.4) is 0 Å². The summed E-state index contributed by atoms with van der Waals surface area (Å²) >= 11 is 2.01. The smallest absolute Gasteiger partial charge is 0.341 e. The minimum Gasteiger partial charge on any atom is -0.465 e. The Morgan fingerprint density at radius 2 is 2.30 bits per heavy atom. The van der Waals surface area contributed by atoms with Gasteiger partial charge in [-0.05, 0) is 31.6 Å². The normalized spacial score (nSPS) is 17.5. The van der Waals surface area contributed by atoms with Crippen molar-refractivity contribution in [3.63, 3.8) is 0 Å². The first-order valence-corrected chi connectivity index (χ1v) is 8.42. The summed E-state index contributed by atoms with van der Waals surface area (Å²) in [6.07, 6.45) is 2.56. The number of furan rings is 1. The zero-order valence-electron chi connectivity index (χ0n) is 13.7. The number of carbonyl (C=O) groups is 1. The van der Waals surface area contributed by atoms with E-state index in [1.54, 1.807) is 20.0 Å². The van der Waals surface area contributed by atoms with Crippen molar-refractivity contribution < 1.29 is 13.9 Å². The summed E-state index contributed by atoms with van der Waals surface area (Å²) in [6.45, 7) is 3.13. The highest BCUT2D eigenvalue weighted by atomic mass is 127. The van der Waals surface area contributed by atoms with Gasteiger partial charge < -0.3 is 19.8 Å². The van der Waals surface area contributed by atoms with Crippen molar-refractivity contribution in [2.75, 3.05) is 26.5 Å². The monoisotopic (exact) mass is 453 g/mol. The molecule has 1 aliphatic rings. The predicted octanol–water partition coefficient (Wildman–Crippen LogP) is 2.55. The fourth-order valence-electron chi connectivity index (χ4n) is 2.35. The highest BCUT2D eigenvalue weighted by Gasteiger charge is 2.17. The standard InChI is InChI=1S/C15H23N3O3S.HI/c1-10-13(14(19)20-3)7-11(21-10)8-17-15(16-2)18-9-12-5-4-6-22-12;/h7,12H,4-6,8-9H2,1-3H3,(H2,16,17,18);1H. The lowest BCUT2D eigenvalue weighted by Gasteiger charge is -2.14. The molecule has 0 aromatic carbocycles. The van der Waals surface area contributed by atoms with Crippen LogP contribution in [0.2, 0.25) is 0 Å². The Kier molecular flexibility index (Phi) is 8.82. The van der Waals surface area contributed by atoms with E-state index in [9.17, 15) is 4.79 Å². The molecule has 1 saturated heterocycles. The third kappa shape index (κ3) is 5.91. The molecule has 2 rings (SSSR count). The molecular weight excluding hydrogens is 429 g/mol. The van der Waals surface area contributed by atoms with Crippen LogP contribution >= 0.6 is 35.7 Å². The number of thioether (sulfide) groups is 1. The Balaban J connectivity index is 0.00000264. The van der Waals surface area contributed by atoms with Gasteiger partial charge in [-0.25, -0.2) is 4.79 Å². The van der Waals surface area contributed by atoms with Crippen molar-refractivity contribution in [2.45, 2.75) is 31.6 Å². The molecule has 0 saturated carbocycles. The average Bonchev–Trinajstić information content (AvgIpc) is 3.16. The van der Waals surface area contributed by atoms with Crippen LogP contribution in [0, 0.1) is 6.92 Å². The van der Waals surface area contributed by atoms with Gasteiger partial charge in [0.15, 0.2) is 5.96 Å². The van der Waals surface area contributed by atoms with Crippen LogP contribution in [-0.4, -0.2) is 43.6 Å². The number of aryl methyl sites for hydroxylation is 1. The summed E-state index contributed by atoms with van der Waals surface area (Å²) in [7, 11) is 3.10. The third-order valence-corrected chi connectivity index (χ3v) is 4.95. The largest absolute Gasteiger partial charge is 0.465 e. The molecule has 6 nitrogen and oxygen atoms in total. The summed E-state index contributed by atoms with van der Waals surface area (Å²) in [5.74, 6) is 2.85. The number of aliphatic imine (C=N–C) groups is 1. The van der Waals surface area contributed by atoms with Crippen molar-refractivity contribution >= 4 is 47.7 Å². The second-order valence-corrected chi connectivity index (χ2v) is 6.52. The van der Waals surface area contributed by atoms with Crippen molar-refractivity contribution in [1.29, 1.82) is 0 Å². The van der Waals surface area contributed by atoms with Crippen molar-refractivity contribution in [3.8, 4) is 0 Å². The first-order valence-electron chi connectivity index (χ1n) is 7.37. The molecule has 0 radical (unpaired) electrons. The Hall–Kier alpha value is -0.900. The first-order chi connectivity index (χ1) is 10.6. The zero-order valence-corrected chi connectivity index (χ0v) is 16.8. The van der Waals surface area contributed by atoms with Crippen LogP contribution in [0.1, 0.15) is 34.7 Å². The number of nitrogens with zero attached hydrogens (tertiary/aromatic N) is 1. The Bertz CT molecular complexity index is 542. The number of methoxy groups -OCH3 is 1. The van der Waals surface area contributed by atoms with E-state index < -0.39 is 0 Å². The van der Waals surface area contributed by atoms with Gasteiger partial charge in [0.05, 0.1) is 13.7 Å². The van der Waals surface area contributed by atoms with E-state index in [2.05, 4.69) is 15.6 Å². The molecule has 8 heteroatoms. The summed E-state index contributed by atoms with van der Waals surface area (Å²) in [6, 6.07) is 1.70. The summed E-state index contributed by atoms with van der Waals surface area (Å²) in [5.41, 5.74) is 0.463. The maximum atomic E-state index is 11.6. The maximum absolute atomic E-state index is 11.6. The quantitative estimate of drug-likeness (QED) is 0.309. The molecule has 1 fully saturated rings. The van der Waals surface area contributed by atoms with E-state index >= 15 is 0 Å². The molecule has 1 unspecified atom stereocenters. The van der Waals surface area contributed by atoms with Gasteiger partial charge in [-0.2, -0.15) is 11.8 Å². The summed E-state index contributed by atoms with van der Waals surface area (Å²) in [4.78, 5) is 15.7. The van der Waals surface area contributed by atoms with Gasteiger partial charge >= 0.3 is 5.97 Å². The molecule has 2 N–H and O–H groups in total. The van der Waals surface area contributed by atoms with E-state index in [1.165, 1.54) is 25.7 Å². The van der Waals surface area contributed by atoms with Crippen molar-refractivity contribution in [3.05, 3.63) is 23.2 Å². The Morgan fingerprint density at radius 1 is 1.52 bits per heavy atom. The van der Waals surface area contributed by atoms with E-state index in [0.717, 1.165) is 12.5 Å². The summed E-state index contributed by atoms with van der Waals surface area (Å²) in [5, 5.41) is 7.17. The minimum atomic E-state index is -0.381. The van der Waals surface area contributed by atoms with Gasteiger partial charge in [-0.3, -0.25) is 4.99 Å². The molecule has 130 valence electrons. The number of nitrogens with one attached hydrogen (secondary N) is 2. The molecule has 0 aliphatic carbocycles. The number of ether oxygens (including phenoxy) is 1. The van der Waals surface area contributed by atoms with Crippen LogP contribution in [0.15, 0.2) is 15.5 Å². The second kappa shape index (κ2) is 10.1. The fraction of sp³-hybridized carbons (Fsp3) is 0.600. The average molecular weight is 453 g/mol.